The molecule has 0 aliphatic heterocycles. The van der Waals surface area contributed by atoms with Crippen LogP contribution in [0.25, 0.3) is 0 Å². The molecular weight excluding hydrogens is 249 g/mol. The van der Waals surface area contributed by atoms with E-state index in [1.807, 2.05) is 0 Å². The van der Waals surface area contributed by atoms with Gasteiger partial charge in [-0.1, -0.05) is 13.2 Å². The largest absolute Gasteiger partial charge is 2.00 e. The van der Waals surface area contributed by atoms with E-state index in [-0.39, 0.29) is 36.5 Å². The predicted molar refractivity (Wildman–Crippen MR) is 46.7 cm³/mol. The first-order chi connectivity index (χ1) is 6.36. The van der Waals surface area contributed by atoms with Crippen LogP contribution in [0.3, 0.4) is 0 Å². The van der Waals surface area contributed by atoms with Crippen molar-refractivity contribution in [2.24, 2.45) is 5.92 Å². The van der Waals surface area contributed by atoms with Crippen LogP contribution >= 0.6 is 0 Å². The molecule has 0 amide bonds. The zero-order valence-electron chi connectivity index (χ0n) is 8.75. The standard InChI is InChI=1S/C6H8O2.C4H6O2.Zn/c1-4(6(7)8)5-2-3-5;1-3(2)4(5)6;/h5H,1-3H2,(H,7,8);1H2,2H3,(H,5,6);/q;;+2/p-2. The minimum Gasteiger partial charge on any atom is -0.545 e. The molecular formula is C10H12O4Zn. The van der Waals surface area contributed by atoms with Crippen molar-refractivity contribution >= 4 is 11.9 Å². The van der Waals surface area contributed by atoms with Crippen LogP contribution in [-0.2, 0) is 29.1 Å². The SMILES string of the molecule is C=C(C(=O)[O-])C1CC1.C=C(C)C(=O)[O-].[Zn+2]. The van der Waals surface area contributed by atoms with E-state index in [4.69, 9.17) is 0 Å². The van der Waals surface area contributed by atoms with Crippen molar-refractivity contribution in [3.63, 3.8) is 0 Å². The second-order valence-corrected chi connectivity index (χ2v) is 3.15. The van der Waals surface area contributed by atoms with Gasteiger partial charge in [-0.2, -0.15) is 0 Å². The third-order valence-electron chi connectivity index (χ3n) is 1.68. The summed E-state index contributed by atoms with van der Waals surface area (Å²) in [5, 5.41) is 19.5. The Morgan fingerprint density at radius 3 is 1.53 bits per heavy atom. The molecule has 0 unspecified atom stereocenters. The van der Waals surface area contributed by atoms with Gasteiger partial charge in [-0.25, -0.2) is 0 Å². The van der Waals surface area contributed by atoms with Crippen molar-refractivity contribution in [1.29, 1.82) is 0 Å². The van der Waals surface area contributed by atoms with Crippen LogP contribution in [0.4, 0.5) is 0 Å². The van der Waals surface area contributed by atoms with Crippen molar-refractivity contribution in [3.05, 3.63) is 24.3 Å². The van der Waals surface area contributed by atoms with Crippen LogP contribution in [0, 0.1) is 5.92 Å². The minimum absolute atomic E-state index is 0. The van der Waals surface area contributed by atoms with Gasteiger partial charge in [0.2, 0.25) is 0 Å². The van der Waals surface area contributed by atoms with Crippen molar-refractivity contribution in [2.75, 3.05) is 0 Å². The Hall–Kier alpha value is -0.957. The van der Waals surface area contributed by atoms with Crippen LogP contribution in [0.1, 0.15) is 19.8 Å². The first-order valence-electron chi connectivity index (χ1n) is 4.13. The Balaban J connectivity index is 0. The van der Waals surface area contributed by atoms with Crippen LogP contribution in [-0.4, -0.2) is 11.9 Å². The van der Waals surface area contributed by atoms with E-state index in [0.29, 0.717) is 0 Å². The fourth-order valence-corrected chi connectivity index (χ4v) is 0.598. The topological polar surface area (TPSA) is 80.3 Å². The van der Waals surface area contributed by atoms with E-state index in [1.54, 1.807) is 0 Å². The Labute approximate surface area is 101 Å². The molecule has 0 saturated heterocycles. The second kappa shape index (κ2) is 7.35. The fourth-order valence-electron chi connectivity index (χ4n) is 0.598. The Kier molecular flexibility index (Phi) is 8.07. The van der Waals surface area contributed by atoms with Crippen LogP contribution in [0.15, 0.2) is 24.3 Å². The summed E-state index contributed by atoms with van der Waals surface area (Å²) >= 11 is 0. The van der Waals surface area contributed by atoms with Gasteiger partial charge in [0, 0.05) is 0 Å². The number of carbonyl (C=O) groups is 2. The number of hydrogen-bond donors (Lipinski definition) is 0. The summed E-state index contributed by atoms with van der Waals surface area (Å²) < 4.78 is 0. The number of carboxylic acids is 2. The average molecular weight is 262 g/mol. The molecule has 0 radical (unpaired) electrons. The van der Waals surface area contributed by atoms with E-state index in [2.05, 4.69) is 13.2 Å². The molecule has 78 valence electrons. The summed E-state index contributed by atoms with van der Waals surface area (Å²) in [6, 6.07) is 0. The minimum atomic E-state index is -1.19. The van der Waals surface area contributed by atoms with Crippen molar-refractivity contribution in [1.82, 2.24) is 0 Å². The monoisotopic (exact) mass is 260 g/mol. The van der Waals surface area contributed by atoms with Crippen LogP contribution in [0.2, 0.25) is 0 Å². The van der Waals surface area contributed by atoms with Gasteiger partial charge < -0.3 is 19.8 Å². The molecule has 1 saturated carbocycles. The van der Waals surface area contributed by atoms with Crippen LogP contribution in [0.5, 0.6) is 0 Å². The Morgan fingerprint density at radius 2 is 1.47 bits per heavy atom. The van der Waals surface area contributed by atoms with E-state index >= 15 is 0 Å². The smallest absolute Gasteiger partial charge is 0.545 e. The van der Waals surface area contributed by atoms with E-state index in [1.165, 1.54) is 6.92 Å². The molecule has 0 spiro atoms. The van der Waals surface area contributed by atoms with Crippen molar-refractivity contribution in [3.8, 4) is 0 Å². The predicted octanol–water partition coefficient (Wildman–Crippen LogP) is -0.988. The summed E-state index contributed by atoms with van der Waals surface area (Å²) in [4.78, 5) is 19.5. The Bertz CT molecular complexity index is 267. The van der Waals surface area contributed by atoms with Gasteiger partial charge in [0.05, 0.1) is 11.9 Å². The number of rotatable bonds is 3. The maximum atomic E-state index is 9.97. The molecule has 0 aromatic carbocycles. The zero-order valence-corrected chi connectivity index (χ0v) is 11.7. The molecule has 4 nitrogen and oxygen atoms in total. The summed E-state index contributed by atoms with van der Waals surface area (Å²) in [6.07, 6.45) is 1.96. The molecule has 0 atom stereocenters. The Morgan fingerprint density at radius 1 is 1.13 bits per heavy atom. The number of carbonyl (C=O) groups excluding carboxylic acids is 2. The fraction of sp³-hybridized carbons (Fsp3) is 0.400. The molecule has 0 aromatic heterocycles. The van der Waals surface area contributed by atoms with E-state index in [9.17, 15) is 19.8 Å². The summed E-state index contributed by atoms with van der Waals surface area (Å²) in [5.41, 5.74) is 0.333. The third-order valence-corrected chi connectivity index (χ3v) is 1.68. The zero-order chi connectivity index (χ0) is 11.3. The van der Waals surface area contributed by atoms with Gasteiger partial charge in [-0.15, -0.1) is 0 Å². The maximum Gasteiger partial charge on any atom is 2.00 e. The van der Waals surface area contributed by atoms with Gasteiger partial charge in [0.1, 0.15) is 0 Å². The first kappa shape index (κ1) is 16.5. The normalized spacial score (nSPS) is 12.6. The first-order valence-corrected chi connectivity index (χ1v) is 4.13. The summed E-state index contributed by atoms with van der Waals surface area (Å²) in [5.74, 6) is -2.04. The number of hydrogen-bond acceptors (Lipinski definition) is 4. The second-order valence-electron chi connectivity index (χ2n) is 3.15. The van der Waals surface area contributed by atoms with Gasteiger partial charge in [0.15, 0.2) is 0 Å². The van der Waals surface area contributed by atoms with Crippen molar-refractivity contribution < 1.29 is 39.3 Å². The number of carboxylic acid groups (broad SMARTS) is 2. The van der Waals surface area contributed by atoms with Gasteiger partial charge in [-0.3, -0.25) is 0 Å². The third kappa shape index (κ3) is 8.07. The van der Waals surface area contributed by atoms with Gasteiger partial charge in [0.25, 0.3) is 0 Å². The van der Waals surface area contributed by atoms with Gasteiger partial charge in [-0.05, 0) is 36.8 Å². The summed E-state index contributed by atoms with van der Waals surface area (Å²) in [7, 11) is 0. The molecule has 1 rings (SSSR count). The molecule has 0 bridgehead atoms. The maximum absolute atomic E-state index is 9.97. The summed E-state index contributed by atoms with van der Waals surface area (Å²) in [6.45, 7) is 7.83. The number of aliphatic carboxylic acids is 2. The van der Waals surface area contributed by atoms with Crippen molar-refractivity contribution in [2.45, 2.75) is 19.8 Å². The molecule has 15 heavy (non-hydrogen) atoms. The van der Waals surface area contributed by atoms with Crippen LogP contribution < -0.4 is 10.2 Å². The van der Waals surface area contributed by atoms with E-state index < -0.39 is 11.9 Å². The molecule has 1 aliphatic carbocycles. The van der Waals surface area contributed by atoms with E-state index in [0.717, 1.165) is 12.8 Å². The molecule has 0 N–H and O–H groups in total. The molecule has 1 aliphatic rings. The molecule has 1 fully saturated rings. The average Bonchev–Trinajstić information content (AvgIpc) is 2.86. The molecule has 0 heterocycles. The molecule has 5 heteroatoms. The quantitative estimate of drug-likeness (QED) is 0.483. The molecule has 0 aromatic rings. The van der Waals surface area contributed by atoms with Gasteiger partial charge >= 0.3 is 19.5 Å².